The molecule has 0 atom stereocenters. The molecule has 0 aromatic heterocycles. The molecule has 0 amide bonds. The van der Waals surface area contributed by atoms with Crippen molar-refractivity contribution < 1.29 is 4.74 Å². The standard InChI is InChI=1S/C11H17NO/c1-9-4-3-5-10(2)11(9)8-13-7-6-12/h3-5H,6-8,12H2,1-2H3. The van der Waals surface area contributed by atoms with Gasteiger partial charge in [0.1, 0.15) is 0 Å². The molecule has 72 valence electrons. The molecule has 1 aromatic rings. The zero-order chi connectivity index (χ0) is 9.68. The van der Waals surface area contributed by atoms with Gasteiger partial charge in [-0.05, 0) is 30.5 Å². The molecule has 13 heavy (non-hydrogen) atoms. The SMILES string of the molecule is Cc1cccc(C)c1COCCN. The van der Waals surface area contributed by atoms with E-state index in [0.717, 1.165) is 0 Å². The monoisotopic (exact) mass is 179 g/mol. The van der Waals surface area contributed by atoms with Crippen molar-refractivity contribution in [3.8, 4) is 0 Å². The molecule has 0 saturated carbocycles. The van der Waals surface area contributed by atoms with Crippen LogP contribution in [0.5, 0.6) is 0 Å². The number of rotatable bonds is 4. The van der Waals surface area contributed by atoms with E-state index in [0.29, 0.717) is 19.8 Å². The Morgan fingerprint density at radius 1 is 1.23 bits per heavy atom. The highest BCUT2D eigenvalue weighted by Crippen LogP contribution is 2.13. The van der Waals surface area contributed by atoms with Gasteiger partial charge in [0.25, 0.3) is 0 Å². The average Bonchev–Trinajstić information content (AvgIpc) is 2.10. The minimum atomic E-state index is 0.588. The van der Waals surface area contributed by atoms with Gasteiger partial charge in [-0.25, -0.2) is 0 Å². The number of ether oxygens (including phenoxy) is 1. The molecule has 2 N–H and O–H groups in total. The summed E-state index contributed by atoms with van der Waals surface area (Å²) in [6.45, 7) is 6.11. The Hall–Kier alpha value is -0.860. The molecule has 0 unspecified atom stereocenters. The van der Waals surface area contributed by atoms with E-state index in [4.69, 9.17) is 10.5 Å². The molecule has 0 aliphatic heterocycles. The van der Waals surface area contributed by atoms with E-state index >= 15 is 0 Å². The molecule has 0 spiro atoms. The normalized spacial score (nSPS) is 10.4. The molecule has 0 saturated heterocycles. The van der Waals surface area contributed by atoms with Crippen LogP contribution in [0, 0.1) is 13.8 Å². The number of hydrogen-bond acceptors (Lipinski definition) is 2. The van der Waals surface area contributed by atoms with E-state index in [2.05, 4.69) is 32.0 Å². The first-order chi connectivity index (χ1) is 6.25. The van der Waals surface area contributed by atoms with Gasteiger partial charge >= 0.3 is 0 Å². The highest BCUT2D eigenvalue weighted by Gasteiger charge is 2.00. The number of benzene rings is 1. The minimum absolute atomic E-state index is 0.588. The van der Waals surface area contributed by atoms with Crippen molar-refractivity contribution in [3.05, 3.63) is 34.9 Å². The maximum atomic E-state index is 5.41. The second kappa shape index (κ2) is 5.00. The Bertz CT molecular complexity index is 251. The predicted octanol–water partition coefficient (Wildman–Crippen LogP) is 1.78. The summed E-state index contributed by atoms with van der Waals surface area (Å²) >= 11 is 0. The molecule has 2 nitrogen and oxygen atoms in total. The van der Waals surface area contributed by atoms with Crippen molar-refractivity contribution in [1.29, 1.82) is 0 Å². The van der Waals surface area contributed by atoms with Crippen LogP contribution in [0.2, 0.25) is 0 Å². The van der Waals surface area contributed by atoms with Crippen LogP contribution >= 0.6 is 0 Å². The third-order valence-electron chi connectivity index (χ3n) is 2.15. The van der Waals surface area contributed by atoms with Crippen LogP contribution in [-0.4, -0.2) is 13.2 Å². The molecular formula is C11H17NO. The van der Waals surface area contributed by atoms with E-state index < -0.39 is 0 Å². The fraction of sp³-hybridized carbons (Fsp3) is 0.455. The van der Waals surface area contributed by atoms with Crippen LogP contribution in [-0.2, 0) is 11.3 Å². The van der Waals surface area contributed by atoms with E-state index in [1.807, 2.05) is 0 Å². The summed E-state index contributed by atoms with van der Waals surface area (Å²) in [5.41, 5.74) is 9.21. The van der Waals surface area contributed by atoms with Gasteiger partial charge in [0.2, 0.25) is 0 Å². The Labute approximate surface area is 79.7 Å². The highest BCUT2D eigenvalue weighted by atomic mass is 16.5. The maximum absolute atomic E-state index is 5.41. The number of aryl methyl sites for hydroxylation is 2. The van der Waals surface area contributed by atoms with Gasteiger partial charge in [-0.3, -0.25) is 0 Å². The van der Waals surface area contributed by atoms with Crippen molar-refractivity contribution in [2.24, 2.45) is 5.73 Å². The molecule has 0 fully saturated rings. The summed E-state index contributed by atoms with van der Waals surface area (Å²) in [7, 11) is 0. The van der Waals surface area contributed by atoms with Crippen LogP contribution < -0.4 is 5.73 Å². The third-order valence-corrected chi connectivity index (χ3v) is 2.15. The molecule has 0 bridgehead atoms. The Morgan fingerprint density at radius 3 is 2.38 bits per heavy atom. The van der Waals surface area contributed by atoms with Gasteiger partial charge in [0.15, 0.2) is 0 Å². The van der Waals surface area contributed by atoms with Gasteiger partial charge in [0, 0.05) is 6.54 Å². The van der Waals surface area contributed by atoms with Gasteiger partial charge in [-0.15, -0.1) is 0 Å². The van der Waals surface area contributed by atoms with E-state index in [9.17, 15) is 0 Å². The predicted molar refractivity (Wildman–Crippen MR) is 54.6 cm³/mol. The third kappa shape index (κ3) is 2.83. The molecule has 1 aromatic carbocycles. The van der Waals surface area contributed by atoms with Crippen molar-refractivity contribution in [1.82, 2.24) is 0 Å². The first-order valence-electron chi connectivity index (χ1n) is 4.58. The highest BCUT2D eigenvalue weighted by molar-refractivity contribution is 5.32. The first kappa shape index (κ1) is 10.2. The zero-order valence-corrected chi connectivity index (χ0v) is 8.34. The minimum Gasteiger partial charge on any atom is -0.375 e. The number of nitrogens with two attached hydrogens (primary N) is 1. The van der Waals surface area contributed by atoms with Crippen LogP contribution in [0.25, 0.3) is 0 Å². The Kier molecular flexibility index (Phi) is 3.93. The quantitative estimate of drug-likeness (QED) is 0.715. The molecule has 0 heterocycles. The average molecular weight is 179 g/mol. The van der Waals surface area contributed by atoms with Gasteiger partial charge < -0.3 is 10.5 Å². The Morgan fingerprint density at radius 2 is 1.85 bits per heavy atom. The molecular weight excluding hydrogens is 162 g/mol. The lowest BCUT2D eigenvalue weighted by molar-refractivity contribution is 0.127. The van der Waals surface area contributed by atoms with Crippen molar-refractivity contribution in [3.63, 3.8) is 0 Å². The van der Waals surface area contributed by atoms with Crippen molar-refractivity contribution in [2.75, 3.05) is 13.2 Å². The second-order valence-corrected chi connectivity index (χ2v) is 3.21. The molecule has 1 rings (SSSR count). The van der Waals surface area contributed by atoms with Crippen LogP contribution in [0.3, 0.4) is 0 Å². The van der Waals surface area contributed by atoms with Crippen molar-refractivity contribution in [2.45, 2.75) is 20.5 Å². The largest absolute Gasteiger partial charge is 0.375 e. The maximum Gasteiger partial charge on any atom is 0.0722 e. The topological polar surface area (TPSA) is 35.2 Å². The summed E-state index contributed by atoms with van der Waals surface area (Å²) in [6, 6.07) is 6.28. The Balaban J connectivity index is 2.64. The smallest absolute Gasteiger partial charge is 0.0722 e. The molecule has 0 radical (unpaired) electrons. The number of hydrogen-bond donors (Lipinski definition) is 1. The molecule has 2 heteroatoms. The van der Waals surface area contributed by atoms with Crippen LogP contribution in [0.1, 0.15) is 16.7 Å². The fourth-order valence-corrected chi connectivity index (χ4v) is 1.33. The van der Waals surface area contributed by atoms with Gasteiger partial charge in [-0.2, -0.15) is 0 Å². The lowest BCUT2D eigenvalue weighted by atomic mass is 10.0. The summed E-state index contributed by atoms with van der Waals surface area (Å²) in [5, 5.41) is 0. The first-order valence-corrected chi connectivity index (χ1v) is 4.58. The summed E-state index contributed by atoms with van der Waals surface area (Å²) in [5.74, 6) is 0. The zero-order valence-electron chi connectivity index (χ0n) is 8.34. The van der Waals surface area contributed by atoms with Crippen molar-refractivity contribution >= 4 is 0 Å². The van der Waals surface area contributed by atoms with E-state index in [1.54, 1.807) is 0 Å². The van der Waals surface area contributed by atoms with Crippen LogP contribution in [0.4, 0.5) is 0 Å². The van der Waals surface area contributed by atoms with Gasteiger partial charge in [-0.1, -0.05) is 18.2 Å². The van der Waals surface area contributed by atoms with Crippen LogP contribution in [0.15, 0.2) is 18.2 Å². The molecule has 0 aliphatic rings. The molecule has 0 aliphatic carbocycles. The fourth-order valence-electron chi connectivity index (χ4n) is 1.33. The lowest BCUT2D eigenvalue weighted by Crippen LogP contribution is -2.09. The van der Waals surface area contributed by atoms with E-state index in [1.165, 1.54) is 16.7 Å². The van der Waals surface area contributed by atoms with Gasteiger partial charge in [0.05, 0.1) is 13.2 Å². The van der Waals surface area contributed by atoms with E-state index in [-0.39, 0.29) is 0 Å². The summed E-state index contributed by atoms with van der Waals surface area (Å²) < 4.78 is 5.41. The lowest BCUT2D eigenvalue weighted by Gasteiger charge is -2.09. The second-order valence-electron chi connectivity index (χ2n) is 3.21. The summed E-state index contributed by atoms with van der Waals surface area (Å²) in [4.78, 5) is 0. The summed E-state index contributed by atoms with van der Waals surface area (Å²) in [6.07, 6.45) is 0.